The maximum atomic E-state index is 3.98. The average Bonchev–Trinajstić information content (AvgIpc) is 2.03. The van der Waals surface area contributed by atoms with Gasteiger partial charge in [-0.25, -0.2) is 0 Å². The molecule has 0 aromatic heterocycles. The molecule has 1 N–H and O–H groups in total. The SMILES string of the molecule is CCCCCCCCNSS. The smallest absolute Gasteiger partial charge is 0.00663 e. The average molecular weight is 193 g/mol. The van der Waals surface area contributed by atoms with Crippen LogP contribution in [-0.2, 0) is 0 Å². The molecule has 0 aliphatic carbocycles. The summed E-state index contributed by atoms with van der Waals surface area (Å²) in [5.41, 5.74) is 0. The van der Waals surface area contributed by atoms with E-state index < -0.39 is 0 Å². The number of hydrogen-bond donors (Lipinski definition) is 2. The second kappa shape index (κ2) is 10.7. The molecule has 0 saturated carbocycles. The monoisotopic (exact) mass is 193 g/mol. The molecule has 0 radical (unpaired) electrons. The van der Waals surface area contributed by atoms with Gasteiger partial charge in [0.05, 0.1) is 0 Å². The molecule has 0 amide bonds. The summed E-state index contributed by atoms with van der Waals surface area (Å²) in [6.07, 6.45) is 8.19. The Balaban J connectivity index is 2.69. The van der Waals surface area contributed by atoms with Crippen LogP contribution in [0.4, 0.5) is 0 Å². The van der Waals surface area contributed by atoms with Crippen LogP contribution in [0.2, 0.25) is 0 Å². The molecular weight excluding hydrogens is 174 g/mol. The summed E-state index contributed by atoms with van der Waals surface area (Å²) in [5.74, 6) is 0. The lowest BCUT2D eigenvalue weighted by Crippen LogP contribution is -2.02. The van der Waals surface area contributed by atoms with E-state index in [0.29, 0.717) is 0 Å². The molecule has 11 heavy (non-hydrogen) atoms. The Labute approximate surface area is 79.7 Å². The normalized spacial score (nSPS) is 10.4. The van der Waals surface area contributed by atoms with E-state index in [2.05, 4.69) is 23.3 Å². The van der Waals surface area contributed by atoms with Crippen molar-refractivity contribution in [1.82, 2.24) is 4.72 Å². The van der Waals surface area contributed by atoms with Crippen LogP contribution in [-0.4, -0.2) is 6.54 Å². The minimum absolute atomic E-state index is 1.10. The van der Waals surface area contributed by atoms with E-state index >= 15 is 0 Å². The molecule has 68 valence electrons. The molecule has 0 aliphatic rings. The second-order valence-electron chi connectivity index (χ2n) is 2.75. The van der Waals surface area contributed by atoms with Crippen LogP contribution in [0.1, 0.15) is 45.4 Å². The molecule has 0 aromatic carbocycles. The molecular formula is C8H19NS2. The standard InChI is InChI=1S/C8H19NS2/c1-2-3-4-5-6-7-8-9-11-10/h9-10H,2-8H2,1H3. The molecule has 0 atom stereocenters. The maximum Gasteiger partial charge on any atom is 0.00663 e. The molecule has 0 aliphatic heterocycles. The van der Waals surface area contributed by atoms with Crippen LogP contribution in [0.25, 0.3) is 0 Å². The highest BCUT2D eigenvalue weighted by Crippen LogP contribution is 2.05. The number of unbranched alkanes of at least 4 members (excludes halogenated alkanes) is 5. The summed E-state index contributed by atoms with van der Waals surface area (Å²) < 4.78 is 3.12. The van der Waals surface area contributed by atoms with Gasteiger partial charge in [-0.15, -0.1) is 0 Å². The highest BCUT2D eigenvalue weighted by molar-refractivity contribution is 8.67. The molecule has 3 heteroatoms. The Morgan fingerprint density at radius 1 is 1.09 bits per heavy atom. The third-order valence-corrected chi connectivity index (χ3v) is 2.42. The Bertz CT molecular complexity index is 61.1. The molecule has 0 spiro atoms. The Hall–Kier alpha value is 0.660. The Kier molecular flexibility index (Phi) is 11.3. The Morgan fingerprint density at radius 3 is 2.36 bits per heavy atom. The molecule has 0 fully saturated rings. The number of hydrogen-bond acceptors (Lipinski definition) is 3. The number of nitrogens with one attached hydrogen (secondary N) is 1. The topological polar surface area (TPSA) is 12.0 Å². The zero-order valence-electron chi connectivity index (χ0n) is 7.31. The van der Waals surface area contributed by atoms with Gasteiger partial charge in [0, 0.05) is 6.54 Å². The van der Waals surface area contributed by atoms with E-state index in [0.717, 1.165) is 6.54 Å². The first-order valence-electron chi connectivity index (χ1n) is 4.45. The van der Waals surface area contributed by atoms with Crippen molar-refractivity contribution < 1.29 is 0 Å². The van der Waals surface area contributed by atoms with Gasteiger partial charge in [0.15, 0.2) is 0 Å². The molecule has 1 nitrogen and oxygen atoms in total. The van der Waals surface area contributed by atoms with Crippen LogP contribution in [0.5, 0.6) is 0 Å². The molecule has 0 unspecified atom stereocenters. The summed E-state index contributed by atoms with van der Waals surface area (Å²) in [4.78, 5) is 0. The summed E-state index contributed by atoms with van der Waals surface area (Å²) >= 11 is 3.98. The summed E-state index contributed by atoms with van der Waals surface area (Å²) in [6, 6.07) is 0. The van der Waals surface area contributed by atoms with Gasteiger partial charge in [-0.3, -0.25) is 4.72 Å². The van der Waals surface area contributed by atoms with Gasteiger partial charge in [0.2, 0.25) is 0 Å². The van der Waals surface area contributed by atoms with E-state index in [1.54, 1.807) is 0 Å². The quantitative estimate of drug-likeness (QED) is 0.265. The van der Waals surface area contributed by atoms with Crippen LogP contribution >= 0.6 is 22.6 Å². The van der Waals surface area contributed by atoms with Crippen molar-refractivity contribution in [2.45, 2.75) is 45.4 Å². The Morgan fingerprint density at radius 2 is 1.73 bits per heavy atom. The fourth-order valence-corrected chi connectivity index (χ4v) is 1.53. The highest BCUT2D eigenvalue weighted by Gasteiger charge is 1.88. The fourth-order valence-electron chi connectivity index (χ4n) is 1.02. The van der Waals surface area contributed by atoms with E-state index in [1.807, 2.05) is 0 Å². The van der Waals surface area contributed by atoms with Crippen molar-refractivity contribution in [2.75, 3.05) is 6.54 Å². The number of rotatable bonds is 8. The summed E-state index contributed by atoms with van der Waals surface area (Å²) in [7, 11) is 1.41. The van der Waals surface area contributed by atoms with Crippen molar-refractivity contribution >= 4 is 22.6 Å². The van der Waals surface area contributed by atoms with Crippen LogP contribution in [0.15, 0.2) is 0 Å². The molecule has 0 heterocycles. The lowest BCUT2D eigenvalue weighted by Gasteiger charge is -1.99. The summed E-state index contributed by atoms with van der Waals surface area (Å²) in [6.45, 7) is 3.35. The van der Waals surface area contributed by atoms with Gasteiger partial charge in [-0.05, 0) is 17.4 Å². The predicted octanol–water partition coefficient (Wildman–Crippen LogP) is 3.43. The number of thiol groups is 1. The fraction of sp³-hybridized carbons (Fsp3) is 1.00. The zero-order chi connectivity index (χ0) is 8.36. The van der Waals surface area contributed by atoms with E-state index in [-0.39, 0.29) is 0 Å². The molecule has 0 rings (SSSR count). The third kappa shape index (κ3) is 10.7. The van der Waals surface area contributed by atoms with Crippen molar-refractivity contribution in [3.05, 3.63) is 0 Å². The van der Waals surface area contributed by atoms with Gasteiger partial charge >= 0.3 is 0 Å². The van der Waals surface area contributed by atoms with Crippen LogP contribution in [0, 0.1) is 0 Å². The molecule has 0 saturated heterocycles. The first-order valence-corrected chi connectivity index (χ1v) is 6.32. The summed E-state index contributed by atoms with van der Waals surface area (Å²) in [5, 5.41) is 0. The van der Waals surface area contributed by atoms with Crippen LogP contribution < -0.4 is 4.72 Å². The van der Waals surface area contributed by atoms with Gasteiger partial charge < -0.3 is 0 Å². The van der Waals surface area contributed by atoms with E-state index in [9.17, 15) is 0 Å². The maximum absolute atomic E-state index is 3.98. The lowest BCUT2D eigenvalue weighted by molar-refractivity contribution is 0.606. The molecule has 0 bridgehead atoms. The molecule has 0 aromatic rings. The minimum Gasteiger partial charge on any atom is -0.255 e. The van der Waals surface area contributed by atoms with Gasteiger partial charge in [0.25, 0.3) is 0 Å². The first kappa shape index (κ1) is 11.7. The van der Waals surface area contributed by atoms with Crippen molar-refractivity contribution in [3.63, 3.8) is 0 Å². The first-order chi connectivity index (χ1) is 5.41. The lowest BCUT2D eigenvalue weighted by atomic mass is 10.1. The zero-order valence-corrected chi connectivity index (χ0v) is 9.02. The van der Waals surface area contributed by atoms with Crippen molar-refractivity contribution in [2.24, 2.45) is 0 Å². The van der Waals surface area contributed by atoms with Crippen molar-refractivity contribution in [3.8, 4) is 0 Å². The second-order valence-corrected chi connectivity index (χ2v) is 3.77. The van der Waals surface area contributed by atoms with E-state index in [4.69, 9.17) is 0 Å². The predicted molar refractivity (Wildman–Crippen MR) is 58.0 cm³/mol. The largest absolute Gasteiger partial charge is 0.255 e. The third-order valence-electron chi connectivity index (χ3n) is 1.70. The minimum atomic E-state index is 1.10. The van der Waals surface area contributed by atoms with Gasteiger partial charge in [-0.2, -0.15) is 0 Å². The van der Waals surface area contributed by atoms with Gasteiger partial charge in [0.1, 0.15) is 0 Å². The van der Waals surface area contributed by atoms with E-state index in [1.165, 1.54) is 49.5 Å². The van der Waals surface area contributed by atoms with Crippen LogP contribution in [0.3, 0.4) is 0 Å². The van der Waals surface area contributed by atoms with Gasteiger partial charge in [-0.1, -0.05) is 50.7 Å². The van der Waals surface area contributed by atoms with Crippen molar-refractivity contribution in [1.29, 1.82) is 0 Å². The highest BCUT2D eigenvalue weighted by atomic mass is 33.1.